The van der Waals surface area contributed by atoms with Crippen LogP contribution in [0.5, 0.6) is 5.75 Å². The summed E-state index contributed by atoms with van der Waals surface area (Å²) >= 11 is 0. The fraction of sp³-hybridized carbons (Fsp3) is 0.188. The number of rotatable bonds is 6. The van der Waals surface area contributed by atoms with Crippen molar-refractivity contribution in [1.29, 1.82) is 0 Å². The number of hydrogen-bond acceptors (Lipinski definition) is 4. The van der Waals surface area contributed by atoms with Gasteiger partial charge in [-0.05, 0) is 42.7 Å². The summed E-state index contributed by atoms with van der Waals surface area (Å²) in [4.78, 5) is 11.1. The third kappa shape index (κ3) is 4.22. The number of nitrogens with one attached hydrogen (secondary N) is 1. The van der Waals surface area contributed by atoms with Gasteiger partial charge < -0.3 is 20.6 Å². The molecule has 0 aliphatic carbocycles. The Morgan fingerprint density at radius 1 is 1.10 bits per heavy atom. The second kappa shape index (κ2) is 6.76. The molecule has 0 spiro atoms. The molecule has 1 unspecified atom stereocenters. The lowest BCUT2D eigenvalue weighted by Crippen LogP contribution is -2.21. The van der Waals surface area contributed by atoms with Crippen LogP contribution in [0, 0.1) is 0 Å². The lowest BCUT2D eigenvalue weighted by atomic mass is 10.1. The smallest absolute Gasteiger partial charge is 0.337 e. The number of aliphatic hydroxyl groups excluding tert-OH is 1. The van der Waals surface area contributed by atoms with E-state index in [4.69, 9.17) is 5.11 Å². The van der Waals surface area contributed by atoms with Crippen molar-refractivity contribution in [3.05, 3.63) is 59.7 Å². The van der Waals surface area contributed by atoms with E-state index in [1.54, 1.807) is 42.5 Å². The molecule has 0 amide bonds. The molecular weight excluding hydrogens is 270 g/mol. The topological polar surface area (TPSA) is 89.8 Å². The second-order valence-electron chi connectivity index (χ2n) is 4.72. The van der Waals surface area contributed by atoms with Crippen molar-refractivity contribution in [3.8, 4) is 5.75 Å². The normalized spacial score (nSPS) is 11.9. The third-order valence-corrected chi connectivity index (χ3v) is 3.12. The van der Waals surface area contributed by atoms with Crippen LogP contribution in [-0.2, 0) is 6.42 Å². The molecule has 4 N–H and O–H groups in total. The molecule has 2 aromatic rings. The van der Waals surface area contributed by atoms with Crippen molar-refractivity contribution in [3.63, 3.8) is 0 Å². The van der Waals surface area contributed by atoms with E-state index in [0.29, 0.717) is 18.5 Å². The maximum absolute atomic E-state index is 11.1. The predicted octanol–water partition coefficient (Wildman–Crippen LogP) is 2.45. The highest BCUT2D eigenvalue weighted by Crippen LogP contribution is 2.17. The molecule has 0 saturated carbocycles. The average Bonchev–Trinajstić information content (AvgIpc) is 2.47. The lowest BCUT2D eigenvalue weighted by molar-refractivity contribution is 0.0697. The molecule has 0 aromatic heterocycles. The molecule has 0 fully saturated rings. The number of carbonyl (C=O) groups is 1. The molecule has 2 aromatic carbocycles. The SMILES string of the molecule is O=C(O)c1ccccc1NC(O)CCc1ccc(O)cc1. The molecule has 0 aliphatic rings. The van der Waals surface area contributed by atoms with Crippen molar-refractivity contribution in [2.24, 2.45) is 0 Å². The Kier molecular flexibility index (Phi) is 4.79. The summed E-state index contributed by atoms with van der Waals surface area (Å²) in [7, 11) is 0. The number of hydrogen-bond donors (Lipinski definition) is 4. The summed E-state index contributed by atoms with van der Waals surface area (Å²) in [5.74, 6) is -0.836. The van der Waals surface area contributed by atoms with Gasteiger partial charge in [0.05, 0.1) is 11.3 Å². The number of aromatic hydroxyl groups is 1. The standard InChI is InChI=1S/C16H17NO4/c18-12-8-5-11(6-9-12)7-10-15(19)17-14-4-2-1-3-13(14)16(20)21/h1-6,8-9,15,17-19H,7,10H2,(H,20,21). The molecule has 0 heterocycles. The number of phenols is 1. The van der Waals surface area contributed by atoms with Crippen LogP contribution in [-0.4, -0.2) is 27.5 Å². The Morgan fingerprint density at radius 2 is 1.76 bits per heavy atom. The second-order valence-corrected chi connectivity index (χ2v) is 4.72. The highest BCUT2D eigenvalue weighted by atomic mass is 16.4. The quantitative estimate of drug-likeness (QED) is 0.613. The van der Waals surface area contributed by atoms with Gasteiger partial charge in [0.2, 0.25) is 0 Å². The number of carboxylic acids is 1. The van der Waals surface area contributed by atoms with E-state index in [2.05, 4.69) is 5.32 Å². The zero-order valence-electron chi connectivity index (χ0n) is 11.4. The Balaban J connectivity index is 1.94. The Bertz CT molecular complexity index is 610. The number of phenolic OH excluding ortho intramolecular Hbond substituents is 1. The number of aryl methyl sites for hydroxylation is 1. The highest BCUT2D eigenvalue weighted by Gasteiger charge is 2.12. The van der Waals surface area contributed by atoms with E-state index in [1.165, 1.54) is 6.07 Å². The van der Waals surface area contributed by atoms with Crippen molar-refractivity contribution in [2.75, 3.05) is 5.32 Å². The minimum Gasteiger partial charge on any atom is -0.508 e. The van der Waals surface area contributed by atoms with Gasteiger partial charge in [-0.3, -0.25) is 0 Å². The Hall–Kier alpha value is -2.53. The van der Waals surface area contributed by atoms with Crippen LogP contribution in [0.1, 0.15) is 22.3 Å². The first kappa shape index (κ1) is 14.9. The van der Waals surface area contributed by atoms with Crippen molar-refractivity contribution in [2.45, 2.75) is 19.1 Å². The van der Waals surface area contributed by atoms with E-state index in [9.17, 15) is 15.0 Å². The molecule has 110 valence electrons. The van der Waals surface area contributed by atoms with Crippen LogP contribution < -0.4 is 5.32 Å². The monoisotopic (exact) mass is 287 g/mol. The lowest BCUT2D eigenvalue weighted by Gasteiger charge is -2.15. The summed E-state index contributed by atoms with van der Waals surface area (Å²) in [6.07, 6.45) is 0.196. The van der Waals surface area contributed by atoms with E-state index < -0.39 is 12.2 Å². The molecule has 0 radical (unpaired) electrons. The number of aromatic carboxylic acids is 1. The maximum Gasteiger partial charge on any atom is 0.337 e. The number of aliphatic hydroxyl groups is 1. The van der Waals surface area contributed by atoms with Gasteiger partial charge >= 0.3 is 5.97 Å². The maximum atomic E-state index is 11.1. The minimum absolute atomic E-state index is 0.126. The van der Waals surface area contributed by atoms with Crippen LogP contribution in [0.3, 0.4) is 0 Å². The number of benzene rings is 2. The van der Waals surface area contributed by atoms with Crippen LogP contribution in [0.15, 0.2) is 48.5 Å². The zero-order chi connectivity index (χ0) is 15.2. The first-order chi connectivity index (χ1) is 10.1. The van der Waals surface area contributed by atoms with E-state index in [0.717, 1.165) is 5.56 Å². The fourth-order valence-corrected chi connectivity index (χ4v) is 2.01. The first-order valence-corrected chi connectivity index (χ1v) is 6.61. The van der Waals surface area contributed by atoms with Gasteiger partial charge in [-0.25, -0.2) is 4.79 Å². The van der Waals surface area contributed by atoms with Gasteiger partial charge in [-0.2, -0.15) is 0 Å². The Morgan fingerprint density at radius 3 is 2.43 bits per heavy atom. The van der Waals surface area contributed by atoms with E-state index >= 15 is 0 Å². The van der Waals surface area contributed by atoms with Crippen LogP contribution in [0.4, 0.5) is 5.69 Å². The Labute approximate surface area is 122 Å². The molecule has 5 nitrogen and oxygen atoms in total. The molecule has 1 atom stereocenters. The predicted molar refractivity (Wildman–Crippen MR) is 79.5 cm³/mol. The molecular formula is C16H17NO4. The van der Waals surface area contributed by atoms with Gasteiger partial charge in [-0.1, -0.05) is 24.3 Å². The van der Waals surface area contributed by atoms with Crippen LogP contribution in [0.25, 0.3) is 0 Å². The van der Waals surface area contributed by atoms with Crippen LogP contribution >= 0.6 is 0 Å². The molecule has 21 heavy (non-hydrogen) atoms. The summed E-state index contributed by atoms with van der Waals surface area (Å²) < 4.78 is 0. The van der Waals surface area contributed by atoms with E-state index in [1.807, 2.05) is 0 Å². The van der Waals surface area contributed by atoms with Gasteiger partial charge in [0.15, 0.2) is 0 Å². The van der Waals surface area contributed by atoms with Crippen LogP contribution in [0.2, 0.25) is 0 Å². The van der Waals surface area contributed by atoms with Gasteiger partial charge in [-0.15, -0.1) is 0 Å². The molecule has 2 rings (SSSR count). The van der Waals surface area contributed by atoms with Crippen molar-refractivity contribution in [1.82, 2.24) is 0 Å². The summed E-state index contributed by atoms with van der Waals surface area (Å²) in [5, 5.41) is 31.0. The summed E-state index contributed by atoms with van der Waals surface area (Å²) in [6, 6.07) is 13.2. The van der Waals surface area contributed by atoms with Crippen molar-refractivity contribution < 1.29 is 20.1 Å². The minimum atomic E-state index is -1.04. The van der Waals surface area contributed by atoms with E-state index in [-0.39, 0.29) is 11.3 Å². The number of para-hydroxylation sites is 1. The average molecular weight is 287 g/mol. The zero-order valence-corrected chi connectivity index (χ0v) is 11.4. The highest BCUT2D eigenvalue weighted by molar-refractivity contribution is 5.94. The largest absolute Gasteiger partial charge is 0.508 e. The number of carboxylic acid groups (broad SMARTS) is 1. The third-order valence-electron chi connectivity index (χ3n) is 3.12. The van der Waals surface area contributed by atoms with Gasteiger partial charge in [0.25, 0.3) is 0 Å². The molecule has 5 heteroatoms. The summed E-state index contributed by atoms with van der Waals surface area (Å²) in [5.41, 5.74) is 1.50. The van der Waals surface area contributed by atoms with Crippen molar-refractivity contribution >= 4 is 11.7 Å². The summed E-state index contributed by atoms with van der Waals surface area (Å²) in [6.45, 7) is 0. The first-order valence-electron chi connectivity index (χ1n) is 6.61. The van der Waals surface area contributed by atoms with Gasteiger partial charge in [0.1, 0.15) is 12.0 Å². The molecule has 0 bridgehead atoms. The molecule has 0 aliphatic heterocycles. The fourth-order valence-electron chi connectivity index (χ4n) is 2.01. The van der Waals surface area contributed by atoms with Gasteiger partial charge in [0, 0.05) is 0 Å². The molecule has 0 saturated heterocycles. The number of anilines is 1.